The van der Waals surface area contributed by atoms with Gasteiger partial charge in [0.1, 0.15) is 5.75 Å². The van der Waals surface area contributed by atoms with E-state index in [1.54, 1.807) is 12.1 Å². The second-order valence-corrected chi connectivity index (χ2v) is 6.53. The van der Waals surface area contributed by atoms with Gasteiger partial charge < -0.3 is 9.84 Å². The molecule has 1 amide bonds. The molecule has 0 aliphatic heterocycles. The van der Waals surface area contributed by atoms with Crippen molar-refractivity contribution in [1.29, 1.82) is 0 Å². The number of amides is 1. The van der Waals surface area contributed by atoms with Crippen LogP contribution < -0.4 is 10.2 Å². The fourth-order valence-electron chi connectivity index (χ4n) is 2.57. The molecule has 8 nitrogen and oxygen atoms in total. The number of nitro benzene ring substituents is 1. The summed E-state index contributed by atoms with van der Waals surface area (Å²) in [6.45, 7) is -0.288. The first-order chi connectivity index (χ1) is 14.4. The van der Waals surface area contributed by atoms with Gasteiger partial charge in [-0.05, 0) is 29.3 Å². The van der Waals surface area contributed by atoms with Gasteiger partial charge >= 0.3 is 5.69 Å². The number of carbonyl (C=O) groups excluding carboxylic acids is 1. The minimum absolute atomic E-state index is 0.00748. The zero-order valence-electron chi connectivity index (χ0n) is 15.5. The third-order valence-corrected chi connectivity index (χ3v) is 4.22. The van der Waals surface area contributed by atoms with Crippen molar-refractivity contribution < 1.29 is 19.6 Å². The Morgan fingerprint density at radius 3 is 2.47 bits per heavy atom. The normalized spacial score (nSPS) is 10.7. The van der Waals surface area contributed by atoms with E-state index in [2.05, 4.69) is 10.5 Å². The number of ether oxygens (including phenoxy) is 1. The fraction of sp³-hybridized carbons (Fsp3) is 0.0476. The van der Waals surface area contributed by atoms with Gasteiger partial charge in [-0.1, -0.05) is 54.1 Å². The molecule has 0 saturated heterocycles. The van der Waals surface area contributed by atoms with E-state index in [1.807, 2.05) is 42.5 Å². The van der Waals surface area contributed by atoms with Gasteiger partial charge in [-0.25, -0.2) is 5.43 Å². The molecular weight excluding hydrogens is 410 g/mol. The molecule has 0 atom stereocenters. The van der Waals surface area contributed by atoms with E-state index in [0.717, 1.165) is 23.4 Å². The highest BCUT2D eigenvalue weighted by Gasteiger charge is 2.17. The van der Waals surface area contributed by atoms with E-state index in [1.165, 1.54) is 6.07 Å². The zero-order valence-corrected chi connectivity index (χ0v) is 16.2. The number of halogens is 1. The van der Waals surface area contributed by atoms with Crippen LogP contribution in [-0.4, -0.2) is 28.8 Å². The van der Waals surface area contributed by atoms with Crippen molar-refractivity contribution in [2.24, 2.45) is 5.10 Å². The van der Waals surface area contributed by atoms with Crippen molar-refractivity contribution in [2.75, 3.05) is 6.61 Å². The average molecular weight is 426 g/mol. The summed E-state index contributed by atoms with van der Waals surface area (Å²) in [5, 5.41) is 24.5. The maximum atomic E-state index is 11.9. The summed E-state index contributed by atoms with van der Waals surface area (Å²) in [6.07, 6.45) is 1.06. The number of phenols is 1. The highest BCUT2D eigenvalue weighted by molar-refractivity contribution is 6.31. The first kappa shape index (κ1) is 20.8. The van der Waals surface area contributed by atoms with Crippen LogP contribution in [0, 0.1) is 10.1 Å². The molecule has 3 rings (SSSR count). The summed E-state index contributed by atoms with van der Waals surface area (Å²) in [5.74, 6) is -0.636. The van der Waals surface area contributed by atoms with Crippen molar-refractivity contribution in [3.63, 3.8) is 0 Å². The lowest BCUT2D eigenvalue weighted by Gasteiger charge is -2.07. The molecule has 30 heavy (non-hydrogen) atoms. The van der Waals surface area contributed by atoms with Gasteiger partial charge in [0, 0.05) is 16.7 Å². The number of nitro groups is 1. The number of carbonyl (C=O) groups is 1. The van der Waals surface area contributed by atoms with Gasteiger partial charge in [-0.2, -0.15) is 5.10 Å². The topological polar surface area (TPSA) is 114 Å². The number of nitrogens with one attached hydrogen (secondary N) is 1. The van der Waals surface area contributed by atoms with Crippen LogP contribution >= 0.6 is 11.6 Å². The van der Waals surface area contributed by atoms with Crippen LogP contribution in [0.2, 0.25) is 5.02 Å². The third kappa shape index (κ3) is 5.33. The standard InChI is InChI=1S/C21H16ClN3O5/c22-17-10-16(21(27)19(11-17)25(28)29)12-23-24-20(26)13-30-18-8-6-15(7-9-18)14-4-2-1-3-5-14/h1-12,27H,13H2,(H,24,26)/b23-12-. The summed E-state index contributed by atoms with van der Waals surface area (Å²) >= 11 is 5.79. The lowest BCUT2D eigenvalue weighted by Crippen LogP contribution is -2.24. The number of hydrogen-bond acceptors (Lipinski definition) is 6. The van der Waals surface area contributed by atoms with Crippen LogP contribution in [0.15, 0.2) is 71.8 Å². The average Bonchev–Trinajstić information content (AvgIpc) is 2.75. The minimum atomic E-state index is -0.770. The Balaban J connectivity index is 1.55. The monoisotopic (exact) mass is 425 g/mol. The summed E-state index contributed by atoms with van der Waals surface area (Å²) in [7, 11) is 0. The minimum Gasteiger partial charge on any atom is -0.502 e. The molecule has 3 aromatic carbocycles. The third-order valence-electron chi connectivity index (χ3n) is 4.01. The van der Waals surface area contributed by atoms with Gasteiger partial charge in [0.05, 0.1) is 11.1 Å². The summed E-state index contributed by atoms with van der Waals surface area (Å²) in [6, 6.07) is 19.4. The molecular formula is C21H16ClN3O5. The van der Waals surface area contributed by atoms with Crippen molar-refractivity contribution in [3.05, 3.63) is 87.4 Å². The highest BCUT2D eigenvalue weighted by atomic mass is 35.5. The SMILES string of the molecule is O=C(COc1ccc(-c2ccccc2)cc1)N/N=C\c1cc(Cl)cc([N+](=O)[O-])c1O. The van der Waals surface area contributed by atoms with E-state index in [9.17, 15) is 20.0 Å². The van der Waals surface area contributed by atoms with Crippen molar-refractivity contribution in [1.82, 2.24) is 5.43 Å². The zero-order chi connectivity index (χ0) is 21.5. The Morgan fingerprint density at radius 1 is 1.13 bits per heavy atom. The van der Waals surface area contributed by atoms with Crippen LogP contribution in [0.1, 0.15) is 5.56 Å². The van der Waals surface area contributed by atoms with Gasteiger partial charge in [-0.3, -0.25) is 14.9 Å². The Morgan fingerprint density at radius 2 is 1.80 bits per heavy atom. The predicted octanol–water partition coefficient (Wildman–Crippen LogP) is 4.15. The van der Waals surface area contributed by atoms with Crippen molar-refractivity contribution in [3.8, 4) is 22.6 Å². The predicted molar refractivity (Wildman–Crippen MR) is 113 cm³/mol. The van der Waals surface area contributed by atoms with Crippen LogP contribution in [0.25, 0.3) is 11.1 Å². The largest absolute Gasteiger partial charge is 0.502 e. The summed E-state index contributed by atoms with van der Waals surface area (Å²) < 4.78 is 5.41. The second kappa shape index (κ2) is 9.53. The maximum absolute atomic E-state index is 11.9. The molecule has 0 bridgehead atoms. The van der Waals surface area contributed by atoms with E-state index >= 15 is 0 Å². The van der Waals surface area contributed by atoms with Gasteiger partial charge in [0.15, 0.2) is 6.61 Å². The second-order valence-electron chi connectivity index (χ2n) is 6.09. The van der Waals surface area contributed by atoms with Gasteiger partial charge in [-0.15, -0.1) is 0 Å². The number of aromatic hydroxyl groups is 1. The van der Waals surface area contributed by atoms with Crippen LogP contribution in [0.3, 0.4) is 0 Å². The molecule has 0 aliphatic rings. The van der Waals surface area contributed by atoms with Crippen LogP contribution in [0.4, 0.5) is 5.69 Å². The first-order valence-corrected chi connectivity index (χ1v) is 9.09. The number of rotatable bonds is 7. The molecule has 0 saturated carbocycles. The molecule has 9 heteroatoms. The lowest BCUT2D eigenvalue weighted by atomic mass is 10.1. The summed E-state index contributed by atoms with van der Waals surface area (Å²) in [4.78, 5) is 22.0. The van der Waals surface area contributed by atoms with E-state index in [0.29, 0.717) is 5.75 Å². The smallest absolute Gasteiger partial charge is 0.312 e. The quantitative estimate of drug-likeness (QED) is 0.335. The first-order valence-electron chi connectivity index (χ1n) is 8.71. The number of benzene rings is 3. The number of hydrazone groups is 1. The Kier molecular flexibility index (Phi) is 6.61. The lowest BCUT2D eigenvalue weighted by molar-refractivity contribution is -0.385. The van der Waals surface area contributed by atoms with E-state index in [-0.39, 0.29) is 17.2 Å². The van der Waals surface area contributed by atoms with Crippen molar-refractivity contribution in [2.45, 2.75) is 0 Å². The maximum Gasteiger partial charge on any atom is 0.312 e. The highest BCUT2D eigenvalue weighted by Crippen LogP contribution is 2.32. The molecule has 0 spiro atoms. The molecule has 2 N–H and O–H groups in total. The van der Waals surface area contributed by atoms with Crippen LogP contribution in [0.5, 0.6) is 11.5 Å². The Hall–Kier alpha value is -3.91. The van der Waals surface area contributed by atoms with E-state index < -0.39 is 22.3 Å². The number of phenolic OH excluding ortho intramolecular Hbond substituents is 1. The van der Waals surface area contributed by atoms with E-state index in [4.69, 9.17) is 16.3 Å². The Bertz CT molecular complexity index is 1090. The number of nitrogens with zero attached hydrogens (tertiary/aromatic N) is 2. The molecule has 152 valence electrons. The molecule has 0 aromatic heterocycles. The van der Waals surface area contributed by atoms with Gasteiger partial charge in [0.25, 0.3) is 5.91 Å². The molecule has 0 aliphatic carbocycles. The fourth-order valence-corrected chi connectivity index (χ4v) is 2.79. The van der Waals surface area contributed by atoms with Crippen LogP contribution in [-0.2, 0) is 4.79 Å². The molecule has 0 heterocycles. The summed E-state index contributed by atoms with van der Waals surface area (Å²) in [5.41, 5.74) is 3.74. The molecule has 0 radical (unpaired) electrons. The molecule has 3 aromatic rings. The van der Waals surface area contributed by atoms with Gasteiger partial charge in [0.2, 0.25) is 5.75 Å². The Labute approximate surface area is 176 Å². The number of hydrogen-bond donors (Lipinski definition) is 2. The molecule has 0 fully saturated rings. The van der Waals surface area contributed by atoms with Crippen molar-refractivity contribution >= 4 is 29.4 Å². The molecule has 0 unspecified atom stereocenters.